The highest BCUT2D eigenvalue weighted by Gasteiger charge is 2.59. The number of sulfonamides is 1. The van der Waals surface area contributed by atoms with Gasteiger partial charge >= 0.3 is 12.1 Å². The average Bonchev–Trinajstić information content (AvgIpc) is 3.54. The number of alkyl halides is 3. The number of carboxylic acid groups (broad SMARTS) is 1. The summed E-state index contributed by atoms with van der Waals surface area (Å²) in [5, 5.41) is 7.12. The molecule has 1 spiro atoms. The molecule has 38 heavy (non-hydrogen) atoms. The van der Waals surface area contributed by atoms with Crippen LogP contribution in [0.2, 0.25) is 0 Å². The van der Waals surface area contributed by atoms with Crippen LogP contribution in [-0.2, 0) is 26.2 Å². The van der Waals surface area contributed by atoms with E-state index < -0.39 is 27.6 Å². The Labute approximate surface area is 219 Å². The van der Waals surface area contributed by atoms with Crippen LogP contribution in [0.25, 0.3) is 0 Å². The molecule has 1 N–H and O–H groups in total. The van der Waals surface area contributed by atoms with Crippen LogP contribution in [0.5, 0.6) is 0 Å². The van der Waals surface area contributed by atoms with E-state index >= 15 is 0 Å². The molecule has 2 unspecified atom stereocenters. The molecule has 0 aliphatic carbocycles. The first kappa shape index (κ1) is 29.6. The molecule has 10 nitrogen and oxygen atoms in total. The molecule has 4 rings (SSSR count). The predicted molar refractivity (Wildman–Crippen MR) is 131 cm³/mol. The Morgan fingerprint density at radius 1 is 1.26 bits per heavy atom. The quantitative estimate of drug-likeness (QED) is 0.553. The third kappa shape index (κ3) is 6.34. The van der Waals surface area contributed by atoms with E-state index in [2.05, 4.69) is 23.8 Å². The van der Waals surface area contributed by atoms with Crippen LogP contribution in [0.15, 0.2) is 37.1 Å². The first-order chi connectivity index (χ1) is 17.7. The van der Waals surface area contributed by atoms with Crippen molar-refractivity contribution in [3.63, 3.8) is 0 Å². The number of carbonyl (C=O) groups excluding carboxylic acids is 1. The number of rotatable bonds is 7. The van der Waals surface area contributed by atoms with Crippen LogP contribution in [0, 0.1) is 5.41 Å². The number of pyridine rings is 1. The molecule has 0 bridgehead atoms. The van der Waals surface area contributed by atoms with Gasteiger partial charge in [0.1, 0.15) is 0 Å². The summed E-state index contributed by atoms with van der Waals surface area (Å²) in [5.74, 6) is -2.87. The second kappa shape index (κ2) is 11.4. The molecule has 2 fully saturated rings. The van der Waals surface area contributed by atoms with Crippen LogP contribution in [-0.4, -0.2) is 80.7 Å². The average molecular weight is 560 g/mol. The SMILES string of the molecule is CCCS(=O)(=O)N1CC(c2cn(C(C)C)cn2)C2(CCN(Cc3ccncc3)C2=O)C1.O=C(O)C(F)(F)F. The lowest BCUT2D eigenvalue weighted by atomic mass is 9.75. The Hall–Kier alpha value is -3.00. The van der Waals surface area contributed by atoms with Gasteiger partial charge in [0.2, 0.25) is 15.9 Å². The summed E-state index contributed by atoms with van der Waals surface area (Å²) < 4.78 is 61.1. The lowest BCUT2D eigenvalue weighted by Crippen LogP contribution is -2.40. The molecule has 210 valence electrons. The number of carbonyl (C=O) groups is 2. The second-order valence-corrected chi connectivity index (χ2v) is 11.9. The largest absolute Gasteiger partial charge is 0.490 e. The van der Waals surface area contributed by atoms with Gasteiger partial charge in [-0.1, -0.05) is 6.92 Å². The molecule has 14 heteroatoms. The van der Waals surface area contributed by atoms with E-state index in [-0.39, 0.29) is 30.2 Å². The first-order valence-electron chi connectivity index (χ1n) is 12.2. The molecule has 2 aliphatic heterocycles. The summed E-state index contributed by atoms with van der Waals surface area (Å²) in [6.07, 6.45) is 3.31. The highest BCUT2D eigenvalue weighted by atomic mass is 32.2. The number of carboxylic acids is 1. The van der Waals surface area contributed by atoms with Gasteiger partial charge in [0.25, 0.3) is 0 Å². The number of nitrogens with zero attached hydrogens (tertiary/aromatic N) is 5. The van der Waals surface area contributed by atoms with Crippen molar-refractivity contribution in [3.05, 3.63) is 48.3 Å². The van der Waals surface area contributed by atoms with Crippen LogP contribution >= 0.6 is 0 Å². The van der Waals surface area contributed by atoms with Crippen molar-refractivity contribution in [2.75, 3.05) is 25.4 Å². The van der Waals surface area contributed by atoms with Crippen molar-refractivity contribution in [3.8, 4) is 0 Å². The van der Waals surface area contributed by atoms with Crippen molar-refractivity contribution < 1.29 is 36.3 Å². The fourth-order valence-electron chi connectivity index (χ4n) is 4.85. The Balaban J connectivity index is 0.000000505. The molecule has 4 heterocycles. The van der Waals surface area contributed by atoms with E-state index in [9.17, 15) is 26.4 Å². The van der Waals surface area contributed by atoms with E-state index in [0.29, 0.717) is 32.5 Å². The minimum Gasteiger partial charge on any atom is -0.475 e. The monoisotopic (exact) mass is 559 g/mol. The summed E-state index contributed by atoms with van der Waals surface area (Å²) >= 11 is 0. The van der Waals surface area contributed by atoms with E-state index in [1.807, 2.05) is 34.7 Å². The van der Waals surface area contributed by atoms with E-state index in [0.717, 1.165) is 11.3 Å². The normalized spacial score (nSPS) is 22.2. The molecule has 0 saturated carbocycles. The first-order valence-corrected chi connectivity index (χ1v) is 13.8. The maximum absolute atomic E-state index is 13.7. The third-order valence-electron chi connectivity index (χ3n) is 6.85. The minimum absolute atomic E-state index is 0.0302. The number of hydrogen-bond acceptors (Lipinski definition) is 6. The van der Waals surface area contributed by atoms with Gasteiger partial charge in [-0.2, -0.15) is 13.2 Å². The number of amides is 1. The lowest BCUT2D eigenvalue weighted by Gasteiger charge is -2.28. The Kier molecular flexibility index (Phi) is 8.86. The van der Waals surface area contributed by atoms with Crippen molar-refractivity contribution >= 4 is 21.9 Å². The fraction of sp³-hybridized carbons (Fsp3) is 0.583. The van der Waals surface area contributed by atoms with Gasteiger partial charge < -0.3 is 14.6 Å². The highest BCUT2D eigenvalue weighted by Crippen LogP contribution is 2.50. The highest BCUT2D eigenvalue weighted by molar-refractivity contribution is 7.89. The van der Waals surface area contributed by atoms with Crippen molar-refractivity contribution in [1.29, 1.82) is 0 Å². The lowest BCUT2D eigenvalue weighted by molar-refractivity contribution is -0.192. The number of aliphatic carboxylic acids is 1. The Morgan fingerprint density at radius 3 is 2.42 bits per heavy atom. The van der Waals surface area contributed by atoms with Gasteiger partial charge in [0, 0.05) is 56.7 Å². The van der Waals surface area contributed by atoms with Gasteiger partial charge in [-0.05, 0) is 44.4 Å². The minimum atomic E-state index is -5.08. The number of likely N-dealkylation sites (tertiary alicyclic amines) is 1. The van der Waals surface area contributed by atoms with E-state index in [1.165, 1.54) is 4.31 Å². The van der Waals surface area contributed by atoms with Gasteiger partial charge in [-0.15, -0.1) is 0 Å². The Morgan fingerprint density at radius 2 is 1.89 bits per heavy atom. The summed E-state index contributed by atoms with van der Waals surface area (Å²) in [7, 11) is -3.40. The number of aromatic nitrogens is 3. The van der Waals surface area contributed by atoms with Crippen molar-refractivity contribution in [1.82, 2.24) is 23.7 Å². The Bertz CT molecular complexity index is 1240. The number of hydrogen-bond donors (Lipinski definition) is 1. The second-order valence-electron chi connectivity index (χ2n) is 9.79. The van der Waals surface area contributed by atoms with E-state index in [4.69, 9.17) is 9.90 Å². The van der Waals surface area contributed by atoms with Crippen molar-refractivity contribution in [2.45, 2.75) is 58.3 Å². The molecule has 2 saturated heterocycles. The van der Waals surface area contributed by atoms with Gasteiger partial charge in [0.15, 0.2) is 0 Å². The summed E-state index contributed by atoms with van der Waals surface area (Å²) in [5.41, 5.74) is 1.07. The molecule has 2 aromatic rings. The van der Waals surface area contributed by atoms with Gasteiger partial charge in [-0.25, -0.2) is 22.5 Å². The molecular formula is C24H32F3N5O5S. The summed E-state index contributed by atoms with van der Waals surface area (Å²) in [6.45, 7) is 7.69. The van der Waals surface area contributed by atoms with Crippen LogP contribution in [0.4, 0.5) is 13.2 Å². The molecule has 0 radical (unpaired) electrons. The zero-order valence-electron chi connectivity index (χ0n) is 21.4. The standard InChI is InChI=1S/C22H31N5O3S.C2HF3O2/c1-4-11-31(29,30)27-13-19(20-14-26(16-24-20)17(2)3)22(15-27)7-10-25(21(22)28)12-18-5-8-23-9-6-18;3-2(4,5)1(6)7/h5-6,8-9,14,16-17,19H,4,7,10-13,15H2,1-3H3;(H,6,7). The summed E-state index contributed by atoms with van der Waals surface area (Å²) in [6, 6.07) is 4.07. The summed E-state index contributed by atoms with van der Waals surface area (Å²) in [4.78, 5) is 33.1. The van der Waals surface area contributed by atoms with Crippen LogP contribution in [0.3, 0.4) is 0 Å². The topological polar surface area (TPSA) is 126 Å². The zero-order valence-corrected chi connectivity index (χ0v) is 22.2. The fourth-order valence-corrected chi connectivity index (χ4v) is 6.42. The molecular weight excluding hydrogens is 527 g/mol. The smallest absolute Gasteiger partial charge is 0.475 e. The van der Waals surface area contributed by atoms with Gasteiger partial charge in [0.05, 0.1) is 23.2 Å². The molecule has 0 aromatic carbocycles. The maximum Gasteiger partial charge on any atom is 0.490 e. The molecule has 2 aromatic heterocycles. The van der Waals surface area contributed by atoms with Crippen LogP contribution in [0.1, 0.15) is 56.8 Å². The van der Waals surface area contributed by atoms with Gasteiger partial charge in [-0.3, -0.25) is 9.78 Å². The maximum atomic E-state index is 13.7. The van der Waals surface area contributed by atoms with Crippen molar-refractivity contribution in [2.24, 2.45) is 5.41 Å². The van der Waals surface area contributed by atoms with E-state index in [1.54, 1.807) is 18.7 Å². The number of halogens is 3. The molecule has 2 atom stereocenters. The third-order valence-corrected chi connectivity index (χ3v) is 8.84. The number of imidazole rings is 1. The zero-order chi connectivity index (χ0) is 28.3. The van der Waals surface area contributed by atoms with Crippen LogP contribution < -0.4 is 0 Å². The molecule has 1 amide bonds. The molecule has 2 aliphatic rings. The predicted octanol–water partition coefficient (Wildman–Crippen LogP) is 3.05.